The number of hydrogen-bond acceptors (Lipinski definition) is 4. The zero-order valence-corrected chi connectivity index (χ0v) is 10.4. The van der Waals surface area contributed by atoms with Crippen LogP contribution in [0.2, 0.25) is 0 Å². The zero-order chi connectivity index (χ0) is 11.7. The van der Waals surface area contributed by atoms with E-state index in [-0.39, 0.29) is 18.2 Å². The first kappa shape index (κ1) is 14.8. The number of ether oxygens (including phenoxy) is 2. The molecule has 0 bridgehead atoms. The second kappa shape index (κ2) is 8.05. The molecule has 2 atom stereocenters. The highest BCUT2D eigenvalue weighted by Gasteiger charge is 2.23. The average molecular weight is 219 g/mol. The topological polar surface area (TPSA) is 50.7 Å². The highest BCUT2D eigenvalue weighted by molar-refractivity contribution is 4.82. The van der Waals surface area contributed by atoms with Crippen LogP contribution in [0.1, 0.15) is 27.2 Å². The van der Waals surface area contributed by atoms with Crippen molar-refractivity contribution in [3.05, 3.63) is 0 Å². The summed E-state index contributed by atoms with van der Waals surface area (Å²) < 4.78 is 10.6. The Morgan fingerprint density at radius 1 is 1.47 bits per heavy atom. The van der Waals surface area contributed by atoms with Gasteiger partial charge in [-0.2, -0.15) is 0 Å². The molecule has 0 aromatic rings. The Morgan fingerprint density at radius 2 is 2.13 bits per heavy atom. The number of aliphatic hydroxyl groups is 1. The Balaban J connectivity index is 3.85. The summed E-state index contributed by atoms with van der Waals surface area (Å²) >= 11 is 0. The van der Waals surface area contributed by atoms with Crippen molar-refractivity contribution in [2.45, 2.75) is 38.8 Å². The molecule has 0 aliphatic heterocycles. The lowest BCUT2D eigenvalue weighted by atomic mass is 10.1. The fourth-order valence-electron chi connectivity index (χ4n) is 1.19. The van der Waals surface area contributed by atoms with Crippen molar-refractivity contribution in [2.75, 3.05) is 33.5 Å². The number of rotatable bonds is 9. The van der Waals surface area contributed by atoms with E-state index >= 15 is 0 Å². The van der Waals surface area contributed by atoms with Gasteiger partial charge in [0.05, 0.1) is 31.5 Å². The summed E-state index contributed by atoms with van der Waals surface area (Å²) in [6.07, 6.45) is 1.10. The molecule has 0 rings (SSSR count). The maximum atomic E-state index is 9.28. The molecule has 0 aromatic heterocycles. The van der Waals surface area contributed by atoms with Crippen LogP contribution in [-0.2, 0) is 9.47 Å². The predicted octanol–water partition coefficient (Wildman–Crippen LogP) is 0.788. The summed E-state index contributed by atoms with van der Waals surface area (Å²) in [6, 6.07) is 0. The summed E-state index contributed by atoms with van der Waals surface area (Å²) in [6.45, 7) is 8.05. The van der Waals surface area contributed by atoms with Gasteiger partial charge in [0.2, 0.25) is 0 Å². The van der Waals surface area contributed by atoms with Gasteiger partial charge in [0, 0.05) is 7.11 Å². The number of nitrogens with one attached hydrogen (secondary N) is 1. The number of hydrogen-bond donors (Lipinski definition) is 2. The van der Waals surface area contributed by atoms with Crippen molar-refractivity contribution in [2.24, 2.45) is 0 Å². The van der Waals surface area contributed by atoms with Crippen LogP contribution in [-0.4, -0.2) is 50.2 Å². The van der Waals surface area contributed by atoms with Gasteiger partial charge in [0.25, 0.3) is 0 Å². The third-order valence-corrected chi connectivity index (χ3v) is 2.24. The van der Waals surface area contributed by atoms with Gasteiger partial charge in [-0.15, -0.1) is 0 Å². The largest absolute Gasteiger partial charge is 0.394 e. The van der Waals surface area contributed by atoms with Crippen LogP contribution in [0.15, 0.2) is 0 Å². The molecule has 0 aliphatic carbocycles. The van der Waals surface area contributed by atoms with Gasteiger partial charge in [0.15, 0.2) is 0 Å². The molecule has 4 nitrogen and oxygen atoms in total. The first-order valence-electron chi connectivity index (χ1n) is 5.54. The van der Waals surface area contributed by atoms with E-state index in [1.165, 1.54) is 0 Å². The molecule has 2 N–H and O–H groups in total. The fourth-order valence-corrected chi connectivity index (χ4v) is 1.19. The van der Waals surface area contributed by atoms with Gasteiger partial charge in [0.1, 0.15) is 0 Å². The Hall–Kier alpha value is -0.160. The lowest BCUT2D eigenvalue weighted by Crippen LogP contribution is -2.50. The van der Waals surface area contributed by atoms with Crippen molar-refractivity contribution >= 4 is 0 Å². The third-order valence-electron chi connectivity index (χ3n) is 2.24. The van der Waals surface area contributed by atoms with Gasteiger partial charge in [-0.1, -0.05) is 6.92 Å². The van der Waals surface area contributed by atoms with E-state index in [1.807, 2.05) is 13.8 Å². The second-order valence-electron chi connectivity index (χ2n) is 4.22. The molecule has 0 aliphatic rings. The van der Waals surface area contributed by atoms with Crippen molar-refractivity contribution in [3.8, 4) is 0 Å². The van der Waals surface area contributed by atoms with Crippen LogP contribution in [0.5, 0.6) is 0 Å². The van der Waals surface area contributed by atoms with Gasteiger partial charge < -0.3 is 19.9 Å². The van der Waals surface area contributed by atoms with Crippen molar-refractivity contribution < 1.29 is 14.6 Å². The second-order valence-corrected chi connectivity index (χ2v) is 4.22. The van der Waals surface area contributed by atoms with Crippen LogP contribution in [0.25, 0.3) is 0 Å². The van der Waals surface area contributed by atoms with Crippen molar-refractivity contribution in [1.82, 2.24) is 5.32 Å². The van der Waals surface area contributed by atoms with Gasteiger partial charge in [-0.25, -0.2) is 0 Å². The molecule has 0 radical (unpaired) electrons. The standard InChI is InChI=1S/C11H25NO3/c1-5-6-12-11(3,8-13)9-15-10(2)7-14-4/h10,12-13H,5-9H2,1-4H3. The zero-order valence-electron chi connectivity index (χ0n) is 10.4. The quantitative estimate of drug-likeness (QED) is 0.602. The van der Waals surface area contributed by atoms with E-state index in [4.69, 9.17) is 9.47 Å². The normalized spacial score (nSPS) is 17.4. The maximum Gasteiger partial charge on any atom is 0.0781 e. The van der Waals surface area contributed by atoms with E-state index in [0.717, 1.165) is 13.0 Å². The van der Waals surface area contributed by atoms with Gasteiger partial charge in [-0.05, 0) is 26.8 Å². The SMILES string of the molecule is CCCNC(C)(CO)COC(C)COC. The van der Waals surface area contributed by atoms with Crippen LogP contribution >= 0.6 is 0 Å². The first-order chi connectivity index (χ1) is 7.08. The molecule has 0 amide bonds. The molecule has 0 aromatic carbocycles. The van der Waals surface area contributed by atoms with Crippen LogP contribution in [0.3, 0.4) is 0 Å². The van der Waals surface area contributed by atoms with Crippen LogP contribution in [0.4, 0.5) is 0 Å². The highest BCUT2D eigenvalue weighted by atomic mass is 16.5. The summed E-state index contributed by atoms with van der Waals surface area (Å²) in [4.78, 5) is 0. The molecule has 2 unspecified atom stereocenters. The minimum Gasteiger partial charge on any atom is -0.394 e. The molecule has 0 saturated carbocycles. The fraction of sp³-hybridized carbons (Fsp3) is 1.00. The Labute approximate surface area is 93.0 Å². The van der Waals surface area contributed by atoms with E-state index in [9.17, 15) is 5.11 Å². The lowest BCUT2D eigenvalue weighted by molar-refractivity contribution is -0.0277. The van der Waals surface area contributed by atoms with Crippen molar-refractivity contribution in [3.63, 3.8) is 0 Å². The highest BCUT2D eigenvalue weighted by Crippen LogP contribution is 2.05. The Morgan fingerprint density at radius 3 is 2.60 bits per heavy atom. The molecular formula is C11H25NO3. The summed E-state index contributed by atoms with van der Waals surface area (Å²) in [5.74, 6) is 0. The monoisotopic (exact) mass is 219 g/mol. The molecule has 0 saturated heterocycles. The molecule has 0 spiro atoms. The minimum absolute atomic E-state index is 0.0595. The number of aliphatic hydroxyl groups excluding tert-OH is 1. The lowest BCUT2D eigenvalue weighted by Gasteiger charge is -2.29. The number of methoxy groups -OCH3 is 1. The molecular weight excluding hydrogens is 194 g/mol. The molecule has 92 valence electrons. The predicted molar refractivity (Wildman–Crippen MR) is 61.1 cm³/mol. The minimum atomic E-state index is -0.349. The van der Waals surface area contributed by atoms with Crippen molar-refractivity contribution in [1.29, 1.82) is 0 Å². The van der Waals surface area contributed by atoms with E-state index in [0.29, 0.717) is 13.2 Å². The molecule has 4 heteroatoms. The van der Waals surface area contributed by atoms with Crippen LogP contribution in [0, 0.1) is 0 Å². The summed E-state index contributed by atoms with van der Waals surface area (Å²) in [5, 5.41) is 12.6. The molecule has 0 fully saturated rings. The average Bonchev–Trinajstić information content (AvgIpc) is 2.24. The molecule has 15 heavy (non-hydrogen) atoms. The maximum absolute atomic E-state index is 9.28. The molecule has 0 heterocycles. The van der Waals surface area contributed by atoms with Gasteiger partial charge >= 0.3 is 0 Å². The van der Waals surface area contributed by atoms with Gasteiger partial charge in [-0.3, -0.25) is 0 Å². The third kappa shape index (κ3) is 6.84. The van der Waals surface area contributed by atoms with E-state index in [1.54, 1.807) is 7.11 Å². The summed E-state index contributed by atoms with van der Waals surface area (Å²) in [5.41, 5.74) is -0.349. The smallest absolute Gasteiger partial charge is 0.0781 e. The van der Waals surface area contributed by atoms with E-state index < -0.39 is 0 Å². The Kier molecular flexibility index (Phi) is 7.96. The van der Waals surface area contributed by atoms with E-state index in [2.05, 4.69) is 12.2 Å². The Bertz CT molecular complexity index is 155. The first-order valence-corrected chi connectivity index (χ1v) is 5.54. The van der Waals surface area contributed by atoms with Crippen LogP contribution < -0.4 is 5.32 Å². The summed E-state index contributed by atoms with van der Waals surface area (Å²) in [7, 11) is 1.65.